The number of hydrogen-bond acceptors (Lipinski definition) is 3. The van der Waals surface area contributed by atoms with Crippen LogP contribution in [0.25, 0.3) is 0 Å². The number of benzene rings is 1. The Balaban J connectivity index is 2.19. The van der Waals surface area contributed by atoms with Crippen LogP contribution in [0.15, 0.2) is 41.8 Å². The maximum atomic E-state index is 8.97. The Morgan fingerprint density at radius 2 is 2.06 bits per heavy atom. The Hall–Kier alpha value is -1.79. The van der Waals surface area contributed by atoms with Crippen molar-refractivity contribution in [3.05, 3.63) is 52.2 Å². The number of nitrogens with zero attached hydrogens (tertiary/aromatic N) is 1. The molecule has 1 heterocycles. The highest BCUT2D eigenvalue weighted by molar-refractivity contribution is 7.10. The van der Waals surface area contributed by atoms with Crippen LogP contribution in [0, 0.1) is 11.3 Å². The summed E-state index contributed by atoms with van der Waals surface area (Å²) in [5.41, 5.74) is 1.58. The Labute approximate surface area is 99.2 Å². The highest BCUT2D eigenvalue weighted by Gasteiger charge is 2.08. The number of nitriles is 1. The molecule has 0 aliphatic rings. The van der Waals surface area contributed by atoms with Gasteiger partial charge in [0.2, 0.25) is 0 Å². The maximum Gasteiger partial charge on any atom is 0.101 e. The summed E-state index contributed by atoms with van der Waals surface area (Å²) in [5.74, 6) is 0. The van der Waals surface area contributed by atoms with E-state index in [1.807, 2.05) is 30.3 Å². The first-order valence-corrected chi connectivity index (χ1v) is 5.98. The van der Waals surface area contributed by atoms with Crippen LogP contribution in [-0.2, 0) is 0 Å². The van der Waals surface area contributed by atoms with E-state index in [1.54, 1.807) is 11.3 Å². The molecule has 0 saturated carbocycles. The van der Waals surface area contributed by atoms with Crippen LogP contribution in [0.3, 0.4) is 0 Å². The predicted molar refractivity (Wildman–Crippen MR) is 67.5 cm³/mol. The molecular weight excluding hydrogens is 216 g/mol. The van der Waals surface area contributed by atoms with E-state index >= 15 is 0 Å². The monoisotopic (exact) mass is 228 g/mol. The van der Waals surface area contributed by atoms with Crippen LogP contribution in [0.1, 0.15) is 23.4 Å². The molecule has 0 aliphatic heterocycles. The first-order chi connectivity index (χ1) is 7.81. The number of anilines is 1. The Bertz CT molecular complexity index is 497. The second-order valence-corrected chi connectivity index (χ2v) is 4.52. The van der Waals surface area contributed by atoms with Gasteiger partial charge in [-0.15, -0.1) is 11.3 Å². The van der Waals surface area contributed by atoms with E-state index in [4.69, 9.17) is 5.26 Å². The fourth-order valence-electron chi connectivity index (χ4n) is 1.55. The molecule has 1 N–H and O–H groups in total. The van der Waals surface area contributed by atoms with E-state index in [9.17, 15) is 0 Å². The molecule has 2 rings (SSSR count). The van der Waals surface area contributed by atoms with Crippen LogP contribution in [0.5, 0.6) is 0 Å². The van der Waals surface area contributed by atoms with E-state index in [2.05, 4.69) is 29.8 Å². The molecule has 2 nitrogen and oxygen atoms in total. The van der Waals surface area contributed by atoms with Crippen LogP contribution < -0.4 is 5.32 Å². The van der Waals surface area contributed by atoms with Gasteiger partial charge in [0.1, 0.15) is 6.07 Å². The molecule has 0 amide bonds. The van der Waals surface area contributed by atoms with Gasteiger partial charge in [0, 0.05) is 4.88 Å². The standard InChI is InChI=1S/C13H12N2S/c1-10(13-7-4-8-16-13)15-12-6-3-2-5-11(12)9-14/h2-8,10,15H,1H3. The quantitative estimate of drug-likeness (QED) is 0.867. The van der Waals surface area contributed by atoms with Crippen molar-refractivity contribution in [2.75, 3.05) is 5.32 Å². The normalized spacial score (nSPS) is 11.8. The zero-order chi connectivity index (χ0) is 11.4. The summed E-state index contributed by atoms with van der Waals surface area (Å²) in [5, 5.41) is 14.4. The minimum atomic E-state index is 0.231. The molecule has 0 bridgehead atoms. The van der Waals surface area contributed by atoms with Crippen molar-refractivity contribution in [1.29, 1.82) is 5.26 Å². The van der Waals surface area contributed by atoms with Gasteiger partial charge in [-0.05, 0) is 30.5 Å². The van der Waals surface area contributed by atoms with Gasteiger partial charge in [-0.1, -0.05) is 18.2 Å². The van der Waals surface area contributed by atoms with Gasteiger partial charge in [0.05, 0.1) is 17.3 Å². The Morgan fingerprint density at radius 3 is 2.75 bits per heavy atom. The number of nitrogens with one attached hydrogen (secondary N) is 1. The van der Waals surface area contributed by atoms with Crippen molar-refractivity contribution in [3.63, 3.8) is 0 Å². The van der Waals surface area contributed by atoms with E-state index in [0.717, 1.165) is 5.69 Å². The van der Waals surface area contributed by atoms with Crippen molar-refractivity contribution in [2.45, 2.75) is 13.0 Å². The Morgan fingerprint density at radius 1 is 1.25 bits per heavy atom. The first kappa shape index (κ1) is 10.7. The molecule has 3 heteroatoms. The van der Waals surface area contributed by atoms with Crippen LogP contribution in [0.4, 0.5) is 5.69 Å². The fourth-order valence-corrected chi connectivity index (χ4v) is 2.28. The summed E-state index contributed by atoms with van der Waals surface area (Å²) in [6, 6.07) is 14.1. The zero-order valence-electron chi connectivity index (χ0n) is 8.97. The van der Waals surface area contributed by atoms with Gasteiger partial charge >= 0.3 is 0 Å². The molecule has 1 aromatic carbocycles. The highest BCUT2D eigenvalue weighted by atomic mass is 32.1. The third kappa shape index (κ3) is 2.23. The van der Waals surface area contributed by atoms with E-state index in [0.29, 0.717) is 5.56 Å². The first-order valence-electron chi connectivity index (χ1n) is 5.10. The summed E-state index contributed by atoms with van der Waals surface area (Å²) < 4.78 is 0. The van der Waals surface area contributed by atoms with Gasteiger partial charge in [0.25, 0.3) is 0 Å². The van der Waals surface area contributed by atoms with Gasteiger partial charge in [-0.3, -0.25) is 0 Å². The minimum absolute atomic E-state index is 0.231. The SMILES string of the molecule is CC(Nc1ccccc1C#N)c1cccs1. The van der Waals surface area contributed by atoms with Crippen molar-refractivity contribution in [2.24, 2.45) is 0 Å². The summed E-state index contributed by atoms with van der Waals surface area (Å²) >= 11 is 1.72. The van der Waals surface area contributed by atoms with Crippen molar-refractivity contribution in [3.8, 4) is 6.07 Å². The third-order valence-electron chi connectivity index (χ3n) is 2.39. The second kappa shape index (κ2) is 4.82. The smallest absolute Gasteiger partial charge is 0.101 e. The number of hydrogen-bond donors (Lipinski definition) is 1. The molecule has 0 aliphatic carbocycles. The van der Waals surface area contributed by atoms with E-state index in [-0.39, 0.29) is 6.04 Å². The molecule has 0 spiro atoms. The topological polar surface area (TPSA) is 35.8 Å². The molecule has 0 radical (unpaired) electrons. The van der Waals surface area contributed by atoms with E-state index < -0.39 is 0 Å². The van der Waals surface area contributed by atoms with Crippen molar-refractivity contribution in [1.82, 2.24) is 0 Å². The molecule has 16 heavy (non-hydrogen) atoms. The predicted octanol–water partition coefficient (Wildman–Crippen LogP) is 3.79. The maximum absolute atomic E-state index is 8.97. The lowest BCUT2D eigenvalue weighted by molar-refractivity contribution is 0.907. The molecule has 2 aromatic rings. The van der Waals surface area contributed by atoms with Crippen molar-refractivity contribution >= 4 is 17.0 Å². The largest absolute Gasteiger partial charge is 0.377 e. The van der Waals surface area contributed by atoms with Gasteiger partial charge in [-0.25, -0.2) is 0 Å². The average Bonchev–Trinajstić information content (AvgIpc) is 2.83. The third-order valence-corrected chi connectivity index (χ3v) is 3.44. The molecule has 0 saturated heterocycles. The fraction of sp³-hybridized carbons (Fsp3) is 0.154. The lowest BCUT2D eigenvalue weighted by Crippen LogP contribution is -2.05. The lowest BCUT2D eigenvalue weighted by atomic mass is 10.1. The van der Waals surface area contributed by atoms with Crippen LogP contribution in [0.2, 0.25) is 0 Å². The molecular formula is C13H12N2S. The number of rotatable bonds is 3. The number of para-hydroxylation sites is 1. The number of thiophene rings is 1. The summed E-state index contributed by atoms with van der Waals surface area (Å²) in [4.78, 5) is 1.27. The van der Waals surface area contributed by atoms with Gasteiger partial charge in [-0.2, -0.15) is 5.26 Å². The Kier molecular flexibility index (Phi) is 3.23. The molecule has 1 unspecified atom stereocenters. The molecule has 80 valence electrons. The highest BCUT2D eigenvalue weighted by Crippen LogP contribution is 2.24. The minimum Gasteiger partial charge on any atom is -0.377 e. The summed E-state index contributed by atoms with van der Waals surface area (Å²) in [7, 11) is 0. The van der Waals surface area contributed by atoms with Crippen LogP contribution in [-0.4, -0.2) is 0 Å². The second-order valence-electron chi connectivity index (χ2n) is 3.54. The van der Waals surface area contributed by atoms with Crippen LogP contribution >= 0.6 is 11.3 Å². The average molecular weight is 228 g/mol. The van der Waals surface area contributed by atoms with Gasteiger partial charge < -0.3 is 5.32 Å². The molecule has 1 atom stereocenters. The molecule has 1 aromatic heterocycles. The summed E-state index contributed by atoms with van der Waals surface area (Å²) in [6.45, 7) is 2.10. The van der Waals surface area contributed by atoms with Gasteiger partial charge in [0.15, 0.2) is 0 Å². The zero-order valence-corrected chi connectivity index (χ0v) is 9.79. The molecule has 0 fully saturated rings. The van der Waals surface area contributed by atoms with E-state index in [1.165, 1.54) is 4.88 Å². The summed E-state index contributed by atoms with van der Waals surface area (Å²) in [6.07, 6.45) is 0. The van der Waals surface area contributed by atoms with Crippen molar-refractivity contribution < 1.29 is 0 Å². The lowest BCUT2D eigenvalue weighted by Gasteiger charge is -2.14.